The summed E-state index contributed by atoms with van der Waals surface area (Å²) < 4.78 is 42.0. The monoisotopic (exact) mass is 585 g/mol. The highest BCUT2D eigenvalue weighted by Crippen LogP contribution is 2.28. The van der Waals surface area contributed by atoms with Gasteiger partial charge < -0.3 is 5.32 Å². The van der Waals surface area contributed by atoms with Crippen molar-refractivity contribution < 1.29 is 17.6 Å². The van der Waals surface area contributed by atoms with Gasteiger partial charge in [0, 0.05) is 29.7 Å². The molecule has 0 fully saturated rings. The summed E-state index contributed by atoms with van der Waals surface area (Å²) in [6, 6.07) is 15.2. The molecule has 0 aliphatic heterocycles. The smallest absolute Gasteiger partial charge is 0.326 e. The molecule has 0 atom stereocenters. The molecule has 3 aromatic carbocycles. The lowest BCUT2D eigenvalue weighted by atomic mass is 10.0. The average Bonchev–Trinajstić information content (AvgIpc) is 3.23. The molecule has 9 nitrogen and oxygen atoms in total. The number of nitrogens with two attached hydrogens (primary N) is 1. The Labute approximate surface area is 236 Å². The minimum absolute atomic E-state index is 0.106. The number of hydrogen-bond acceptors (Lipinski definition) is 5. The highest BCUT2D eigenvalue weighted by atomic mass is 35.5. The number of halogens is 2. The van der Waals surface area contributed by atoms with Crippen molar-refractivity contribution in [3.63, 3.8) is 0 Å². The summed E-state index contributed by atoms with van der Waals surface area (Å²) in [5, 5.41) is 12.9. The predicted molar refractivity (Wildman–Crippen MR) is 153 cm³/mol. The van der Waals surface area contributed by atoms with Crippen molar-refractivity contribution in [1.82, 2.24) is 14.3 Å². The van der Waals surface area contributed by atoms with Gasteiger partial charge in [0.25, 0.3) is 0 Å². The number of unbranched alkanes of at least 4 members (excludes halogenated alkanes) is 1. The normalized spacial score (nSPS) is 11.5. The maximum atomic E-state index is 15.4. The number of rotatable bonds is 10. The fourth-order valence-corrected chi connectivity index (χ4v) is 5.20. The van der Waals surface area contributed by atoms with Gasteiger partial charge in [-0.05, 0) is 42.3 Å². The SMILES string of the molecule is CCCCc1nn(-c2cc(NC(=O)CC)ccc2Cl)c(=O)n1Cc1ccc(-c2ccccc2S(N)(=O)=O)cc1F. The second-order valence-electron chi connectivity index (χ2n) is 9.22. The third kappa shape index (κ3) is 6.33. The summed E-state index contributed by atoms with van der Waals surface area (Å²) in [5.41, 5.74) is 1.05. The topological polar surface area (TPSA) is 129 Å². The Hall–Kier alpha value is -3.80. The minimum atomic E-state index is -4.02. The molecule has 40 heavy (non-hydrogen) atoms. The molecule has 4 aromatic rings. The molecule has 0 spiro atoms. The summed E-state index contributed by atoms with van der Waals surface area (Å²) in [5.74, 6) is -0.362. The van der Waals surface area contributed by atoms with Gasteiger partial charge in [-0.1, -0.05) is 62.2 Å². The molecule has 1 amide bonds. The van der Waals surface area contributed by atoms with E-state index in [1.54, 1.807) is 43.3 Å². The molecule has 0 aliphatic carbocycles. The molecular formula is C28H29ClFN5O4S. The predicted octanol–water partition coefficient (Wildman–Crippen LogP) is 4.88. The first-order chi connectivity index (χ1) is 19.0. The molecule has 210 valence electrons. The maximum absolute atomic E-state index is 15.4. The van der Waals surface area contributed by atoms with Crippen LogP contribution >= 0.6 is 11.6 Å². The Morgan fingerprint density at radius 1 is 1.10 bits per heavy atom. The van der Waals surface area contributed by atoms with Gasteiger partial charge in [0.2, 0.25) is 15.9 Å². The molecule has 1 aromatic heterocycles. The first kappa shape index (κ1) is 29.2. The number of amides is 1. The minimum Gasteiger partial charge on any atom is -0.326 e. The van der Waals surface area contributed by atoms with Crippen molar-refractivity contribution in [3.8, 4) is 16.8 Å². The molecule has 0 radical (unpaired) electrons. The first-order valence-electron chi connectivity index (χ1n) is 12.7. The van der Waals surface area contributed by atoms with E-state index in [0.717, 1.165) is 17.5 Å². The maximum Gasteiger partial charge on any atom is 0.351 e. The fraction of sp³-hybridized carbons (Fsp3) is 0.250. The van der Waals surface area contributed by atoms with Crippen LogP contribution in [0.2, 0.25) is 5.02 Å². The molecular weight excluding hydrogens is 557 g/mol. The van der Waals surface area contributed by atoms with E-state index in [2.05, 4.69) is 10.4 Å². The summed E-state index contributed by atoms with van der Waals surface area (Å²) in [4.78, 5) is 25.3. The largest absolute Gasteiger partial charge is 0.351 e. The second kappa shape index (κ2) is 12.2. The average molecular weight is 586 g/mol. The van der Waals surface area contributed by atoms with Crippen LogP contribution in [0.25, 0.3) is 16.8 Å². The van der Waals surface area contributed by atoms with Crippen LogP contribution < -0.4 is 16.1 Å². The number of aromatic nitrogens is 3. The Morgan fingerprint density at radius 2 is 1.85 bits per heavy atom. The number of anilines is 1. The van der Waals surface area contributed by atoms with Crippen LogP contribution in [0, 0.1) is 5.82 Å². The van der Waals surface area contributed by atoms with Gasteiger partial charge in [0.1, 0.15) is 11.6 Å². The number of nitrogens with one attached hydrogen (secondary N) is 1. The van der Waals surface area contributed by atoms with Gasteiger partial charge in [0.15, 0.2) is 0 Å². The third-order valence-corrected chi connectivity index (χ3v) is 7.65. The Morgan fingerprint density at radius 3 is 2.52 bits per heavy atom. The lowest BCUT2D eigenvalue weighted by Gasteiger charge is -2.11. The highest BCUT2D eigenvalue weighted by Gasteiger charge is 2.20. The first-order valence-corrected chi connectivity index (χ1v) is 14.6. The lowest BCUT2D eigenvalue weighted by molar-refractivity contribution is -0.115. The van der Waals surface area contributed by atoms with E-state index in [0.29, 0.717) is 23.5 Å². The van der Waals surface area contributed by atoms with E-state index in [-0.39, 0.29) is 45.6 Å². The van der Waals surface area contributed by atoms with Crippen LogP contribution in [0.1, 0.15) is 44.5 Å². The molecule has 12 heteroatoms. The number of carbonyl (C=O) groups is 1. The molecule has 3 N–H and O–H groups in total. The summed E-state index contributed by atoms with van der Waals surface area (Å²) >= 11 is 6.41. The van der Waals surface area contributed by atoms with Crippen LogP contribution in [0.15, 0.2) is 70.4 Å². The van der Waals surface area contributed by atoms with E-state index >= 15 is 4.39 Å². The van der Waals surface area contributed by atoms with Crippen LogP contribution in [0.5, 0.6) is 0 Å². The standard InChI is InChI=1S/C28H29ClFN5O4S/c1-3-5-10-26-33-35(24-16-20(13-14-22(24)29)32-27(36)4-2)28(37)34(26)17-19-12-11-18(15-23(19)30)21-8-6-7-9-25(21)40(31,38)39/h6-9,11-16H,3-5,10,17H2,1-2H3,(H,32,36)(H2,31,38,39). The van der Waals surface area contributed by atoms with Gasteiger partial charge >= 0.3 is 5.69 Å². The van der Waals surface area contributed by atoms with Crippen molar-refractivity contribution in [3.05, 3.63) is 93.4 Å². The van der Waals surface area contributed by atoms with Gasteiger partial charge in [0.05, 0.1) is 22.2 Å². The number of benzene rings is 3. The van der Waals surface area contributed by atoms with Gasteiger partial charge in [-0.3, -0.25) is 9.36 Å². The number of carbonyl (C=O) groups excluding carboxylic acids is 1. The molecule has 0 aliphatic rings. The van der Waals surface area contributed by atoms with Crippen LogP contribution in [-0.2, 0) is 27.8 Å². The van der Waals surface area contributed by atoms with Crippen LogP contribution in [0.4, 0.5) is 10.1 Å². The summed E-state index contributed by atoms with van der Waals surface area (Å²) in [6.45, 7) is 3.63. The zero-order chi connectivity index (χ0) is 29.0. The van der Waals surface area contributed by atoms with Crippen molar-refractivity contribution in [2.24, 2.45) is 5.14 Å². The van der Waals surface area contributed by atoms with Gasteiger partial charge in [-0.2, -0.15) is 4.68 Å². The zero-order valence-corrected chi connectivity index (χ0v) is 23.6. The van der Waals surface area contributed by atoms with Crippen molar-refractivity contribution in [2.75, 3.05) is 5.32 Å². The van der Waals surface area contributed by atoms with Crippen LogP contribution in [0.3, 0.4) is 0 Å². The zero-order valence-electron chi connectivity index (χ0n) is 22.0. The highest BCUT2D eigenvalue weighted by molar-refractivity contribution is 7.89. The quantitative estimate of drug-likeness (QED) is 0.274. The Bertz CT molecular complexity index is 1730. The number of nitrogens with zero attached hydrogens (tertiary/aromatic N) is 3. The molecule has 1 heterocycles. The van der Waals surface area contributed by atoms with E-state index in [1.807, 2.05) is 6.92 Å². The summed E-state index contributed by atoms with van der Waals surface area (Å²) in [6.07, 6.45) is 2.37. The van der Waals surface area contributed by atoms with Crippen molar-refractivity contribution in [2.45, 2.75) is 51.0 Å². The summed E-state index contributed by atoms with van der Waals surface area (Å²) in [7, 11) is -4.02. The van der Waals surface area contributed by atoms with Crippen molar-refractivity contribution >= 4 is 33.2 Å². The lowest BCUT2D eigenvalue weighted by Crippen LogP contribution is -2.25. The number of primary sulfonamides is 1. The molecule has 0 unspecified atom stereocenters. The van der Waals surface area contributed by atoms with Crippen molar-refractivity contribution in [1.29, 1.82) is 0 Å². The van der Waals surface area contributed by atoms with E-state index in [9.17, 15) is 18.0 Å². The second-order valence-corrected chi connectivity index (χ2v) is 11.2. The number of aryl methyl sites for hydroxylation is 1. The third-order valence-electron chi connectivity index (χ3n) is 6.36. The molecule has 4 rings (SSSR count). The van der Waals surface area contributed by atoms with Crippen LogP contribution in [-0.4, -0.2) is 28.7 Å². The van der Waals surface area contributed by atoms with Gasteiger partial charge in [-0.15, -0.1) is 5.10 Å². The van der Waals surface area contributed by atoms with Gasteiger partial charge in [-0.25, -0.2) is 22.7 Å². The van der Waals surface area contributed by atoms with E-state index in [1.165, 1.54) is 28.8 Å². The van der Waals surface area contributed by atoms with E-state index < -0.39 is 21.5 Å². The Balaban J connectivity index is 1.75. The number of sulfonamides is 1. The molecule has 0 saturated carbocycles. The molecule has 0 bridgehead atoms. The number of hydrogen-bond donors (Lipinski definition) is 2. The fourth-order valence-electron chi connectivity index (χ4n) is 4.24. The van der Waals surface area contributed by atoms with E-state index in [4.69, 9.17) is 16.7 Å². The Kier molecular flexibility index (Phi) is 8.87. The molecule has 0 saturated heterocycles.